The molecule has 2 amide bonds. The lowest BCUT2D eigenvalue weighted by Gasteiger charge is -2.14. The lowest BCUT2D eigenvalue weighted by molar-refractivity contribution is -0.114. The first-order valence-corrected chi connectivity index (χ1v) is 7.71. The quantitative estimate of drug-likeness (QED) is 0.816. The molecule has 4 rings (SSSR count). The molecule has 0 fully saturated rings. The highest BCUT2D eigenvalue weighted by molar-refractivity contribution is 6.52. The number of benzene rings is 2. The Bertz CT molecular complexity index is 991. The third kappa shape index (κ3) is 3.07. The first kappa shape index (κ1) is 18.3. The molecule has 0 aliphatic carbocycles. The molecule has 0 spiro atoms. The number of carbonyl (C=O) groups is 4. The number of Topliss-reactive ketones (excluding diaryl/α,β-unsaturated/α-hetero) is 2. The zero-order valence-corrected chi connectivity index (χ0v) is 13.6. The van der Waals surface area contributed by atoms with E-state index in [1.54, 1.807) is 0 Å². The Morgan fingerprint density at radius 3 is 2.11 bits per heavy atom. The summed E-state index contributed by atoms with van der Waals surface area (Å²) in [6.45, 7) is -1.11. The minimum Gasteiger partial charge on any atom is -0.316 e. The van der Waals surface area contributed by atoms with Gasteiger partial charge < -0.3 is 5.32 Å². The standard InChI is InChI=1S/C10H7F2NO2.C8H4FNO2/c11-4-5-13-8-6(9(14)10(13)15)2-1-3-7(8)12;9-5-3-1-2-4-6(5)10-8(12)7(4)11/h1-3H,4-5H2;1-3H,(H,10,11,12). The van der Waals surface area contributed by atoms with E-state index in [1.807, 2.05) is 0 Å². The molecule has 6 nitrogen and oxygen atoms in total. The fraction of sp³-hybridized carbons (Fsp3) is 0.111. The van der Waals surface area contributed by atoms with Crippen molar-refractivity contribution in [1.29, 1.82) is 0 Å². The van der Waals surface area contributed by atoms with Crippen molar-refractivity contribution in [2.45, 2.75) is 0 Å². The van der Waals surface area contributed by atoms with Crippen molar-refractivity contribution >= 4 is 34.8 Å². The van der Waals surface area contributed by atoms with Crippen molar-refractivity contribution in [1.82, 2.24) is 0 Å². The Balaban J connectivity index is 0.000000159. The van der Waals surface area contributed by atoms with Crippen LogP contribution in [0, 0.1) is 11.6 Å². The molecule has 27 heavy (non-hydrogen) atoms. The summed E-state index contributed by atoms with van der Waals surface area (Å²) in [7, 11) is 0. The van der Waals surface area contributed by atoms with Gasteiger partial charge in [-0.1, -0.05) is 12.1 Å². The van der Waals surface area contributed by atoms with Gasteiger partial charge >= 0.3 is 0 Å². The largest absolute Gasteiger partial charge is 0.316 e. The average Bonchev–Trinajstić information content (AvgIpc) is 3.07. The summed E-state index contributed by atoms with van der Waals surface area (Å²) in [4.78, 5) is 45.3. The van der Waals surface area contributed by atoms with Gasteiger partial charge in [0.2, 0.25) is 0 Å². The van der Waals surface area contributed by atoms with Gasteiger partial charge in [-0.2, -0.15) is 0 Å². The predicted octanol–water partition coefficient (Wildman–Crippen LogP) is 2.29. The molecule has 0 aromatic heterocycles. The van der Waals surface area contributed by atoms with E-state index in [-0.39, 0.29) is 29.0 Å². The number of hydrogen-bond donors (Lipinski definition) is 1. The molecular weight excluding hydrogens is 365 g/mol. The normalized spacial score (nSPS) is 14.6. The summed E-state index contributed by atoms with van der Waals surface area (Å²) >= 11 is 0. The van der Waals surface area contributed by atoms with E-state index in [1.165, 1.54) is 30.3 Å². The summed E-state index contributed by atoms with van der Waals surface area (Å²) in [6.07, 6.45) is 0. The molecular formula is C18H11F3N2O4. The van der Waals surface area contributed by atoms with Crippen LogP contribution in [0.4, 0.5) is 24.5 Å². The molecule has 0 bridgehead atoms. The number of anilines is 2. The second kappa shape index (κ2) is 7.02. The fourth-order valence-corrected chi connectivity index (χ4v) is 2.74. The Hall–Kier alpha value is -3.49. The number of hydrogen-bond acceptors (Lipinski definition) is 4. The highest BCUT2D eigenvalue weighted by atomic mass is 19.1. The molecule has 0 atom stereocenters. The Morgan fingerprint density at radius 2 is 1.48 bits per heavy atom. The van der Waals surface area contributed by atoms with Crippen molar-refractivity contribution in [3.8, 4) is 0 Å². The maximum absolute atomic E-state index is 13.3. The monoisotopic (exact) mass is 376 g/mol. The van der Waals surface area contributed by atoms with Crippen molar-refractivity contribution < 1.29 is 32.3 Å². The molecule has 2 aliphatic heterocycles. The Labute approximate surface area is 150 Å². The fourth-order valence-electron chi connectivity index (χ4n) is 2.74. The molecule has 1 N–H and O–H groups in total. The van der Waals surface area contributed by atoms with Gasteiger partial charge in [0.05, 0.1) is 29.0 Å². The van der Waals surface area contributed by atoms with E-state index in [4.69, 9.17) is 0 Å². The number of ketones is 2. The van der Waals surface area contributed by atoms with E-state index in [0.29, 0.717) is 0 Å². The number of fused-ring (bicyclic) bond motifs is 2. The topological polar surface area (TPSA) is 83.6 Å². The third-order valence-corrected chi connectivity index (χ3v) is 3.95. The van der Waals surface area contributed by atoms with Crippen molar-refractivity contribution in [3.05, 3.63) is 59.2 Å². The number of alkyl halides is 1. The number of amides is 2. The summed E-state index contributed by atoms with van der Waals surface area (Å²) in [6, 6.07) is 7.84. The second-order valence-electron chi connectivity index (χ2n) is 5.56. The van der Waals surface area contributed by atoms with Crippen LogP contribution in [0.1, 0.15) is 20.7 Å². The lowest BCUT2D eigenvalue weighted by Crippen LogP contribution is -2.31. The van der Waals surface area contributed by atoms with Crippen LogP contribution >= 0.6 is 0 Å². The van der Waals surface area contributed by atoms with Gasteiger partial charge in [-0.3, -0.25) is 24.1 Å². The van der Waals surface area contributed by atoms with Gasteiger partial charge in [0.25, 0.3) is 23.4 Å². The molecule has 9 heteroatoms. The summed E-state index contributed by atoms with van der Waals surface area (Å²) in [5.41, 5.74) is 0.00565. The second-order valence-corrected chi connectivity index (χ2v) is 5.56. The van der Waals surface area contributed by atoms with E-state index in [2.05, 4.69) is 5.32 Å². The summed E-state index contributed by atoms with van der Waals surface area (Å²) < 4.78 is 38.4. The van der Waals surface area contributed by atoms with E-state index < -0.39 is 41.7 Å². The molecule has 138 valence electrons. The minimum atomic E-state index is -0.868. The zero-order valence-electron chi connectivity index (χ0n) is 13.6. The smallest absolute Gasteiger partial charge is 0.299 e. The van der Waals surface area contributed by atoms with Crippen LogP contribution in [0.25, 0.3) is 0 Å². The van der Waals surface area contributed by atoms with Crippen LogP contribution in [-0.4, -0.2) is 36.6 Å². The van der Waals surface area contributed by atoms with Gasteiger partial charge in [-0.25, -0.2) is 13.2 Å². The zero-order chi connectivity index (χ0) is 19.7. The van der Waals surface area contributed by atoms with Gasteiger partial charge in [-0.05, 0) is 24.3 Å². The maximum Gasteiger partial charge on any atom is 0.299 e. The maximum atomic E-state index is 13.3. The Morgan fingerprint density at radius 1 is 0.852 bits per heavy atom. The number of carbonyl (C=O) groups excluding carboxylic acids is 4. The van der Waals surface area contributed by atoms with Gasteiger partial charge in [0.1, 0.15) is 18.3 Å². The minimum absolute atomic E-state index is 0.00694. The molecule has 0 unspecified atom stereocenters. The predicted molar refractivity (Wildman–Crippen MR) is 88.4 cm³/mol. The number of rotatable bonds is 2. The van der Waals surface area contributed by atoms with Crippen LogP contribution in [-0.2, 0) is 9.59 Å². The molecule has 2 heterocycles. The average molecular weight is 376 g/mol. The number of nitrogens with one attached hydrogen (secondary N) is 1. The third-order valence-electron chi connectivity index (χ3n) is 3.95. The van der Waals surface area contributed by atoms with Crippen LogP contribution < -0.4 is 10.2 Å². The molecule has 0 saturated heterocycles. The van der Waals surface area contributed by atoms with E-state index in [9.17, 15) is 32.3 Å². The first-order valence-electron chi connectivity index (χ1n) is 7.71. The Kier molecular flexibility index (Phi) is 4.76. The SMILES string of the molecule is O=C1C(=O)N(CCF)c2c(F)cccc21.O=C1Nc2c(F)cccc2C1=O. The van der Waals surface area contributed by atoms with Gasteiger partial charge in [0, 0.05) is 0 Å². The molecule has 2 aromatic carbocycles. The van der Waals surface area contributed by atoms with Crippen molar-refractivity contribution in [2.75, 3.05) is 23.4 Å². The highest BCUT2D eigenvalue weighted by Gasteiger charge is 2.37. The van der Waals surface area contributed by atoms with Crippen LogP contribution in [0.5, 0.6) is 0 Å². The first-order chi connectivity index (χ1) is 12.9. The van der Waals surface area contributed by atoms with Crippen LogP contribution in [0.3, 0.4) is 0 Å². The molecule has 0 saturated carbocycles. The van der Waals surface area contributed by atoms with Crippen LogP contribution in [0.15, 0.2) is 36.4 Å². The van der Waals surface area contributed by atoms with E-state index >= 15 is 0 Å². The summed E-state index contributed by atoms with van der Waals surface area (Å²) in [5, 5.41) is 2.15. The van der Waals surface area contributed by atoms with Gasteiger partial charge in [-0.15, -0.1) is 0 Å². The summed E-state index contributed by atoms with van der Waals surface area (Å²) in [5.74, 6) is -4.35. The van der Waals surface area contributed by atoms with Crippen molar-refractivity contribution in [3.63, 3.8) is 0 Å². The number of nitrogens with zero attached hydrogens (tertiary/aromatic N) is 1. The number of halogens is 3. The molecule has 0 radical (unpaired) electrons. The number of para-hydroxylation sites is 2. The highest BCUT2D eigenvalue weighted by Crippen LogP contribution is 2.31. The van der Waals surface area contributed by atoms with Crippen molar-refractivity contribution in [2.24, 2.45) is 0 Å². The van der Waals surface area contributed by atoms with E-state index in [0.717, 1.165) is 11.0 Å². The lowest BCUT2D eigenvalue weighted by atomic mass is 10.1. The molecule has 2 aliphatic rings. The van der Waals surface area contributed by atoms with Crippen LogP contribution in [0.2, 0.25) is 0 Å². The van der Waals surface area contributed by atoms with Gasteiger partial charge in [0.15, 0.2) is 0 Å². The molecule has 2 aromatic rings.